The third-order valence-electron chi connectivity index (χ3n) is 3.68. The van der Waals surface area contributed by atoms with Crippen molar-refractivity contribution in [1.82, 2.24) is 4.57 Å². The number of fused-ring (bicyclic) bond motifs is 1. The minimum absolute atomic E-state index is 0.0446. The number of Topliss-reactive ketones (excluding diaryl/α,β-unsaturated/α-hetero) is 1. The van der Waals surface area contributed by atoms with Crippen molar-refractivity contribution in [2.75, 3.05) is 19.8 Å². The standard InChI is InChI=1S/C13H14N2O4/c1-15-9-4-8(2-3-10(9)19-12(15)17)11(16)13(5-14)6-18-7-13/h2-4H,5-7,14H2,1H3. The summed E-state index contributed by atoms with van der Waals surface area (Å²) in [5.41, 5.74) is 6.66. The van der Waals surface area contributed by atoms with Gasteiger partial charge in [0.2, 0.25) is 0 Å². The maximum atomic E-state index is 12.5. The molecule has 2 aromatic rings. The molecule has 1 aliphatic rings. The number of nitrogens with two attached hydrogens (primary N) is 1. The Labute approximate surface area is 108 Å². The Kier molecular flexibility index (Phi) is 2.58. The largest absolute Gasteiger partial charge is 0.419 e. The molecular weight excluding hydrogens is 248 g/mol. The second kappa shape index (κ2) is 4.04. The molecule has 0 amide bonds. The first-order valence-corrected chi connectivity index (χ1v) is 6.00. The highest BCUT2D eigenvalue weighted by Gasteiger charge is 2.44. The van der Waals surface area contributed by atoms with Crippen LogP contribution in [0.1, 0.15) is 10.4 Å². The van der Waals surface area contributed by atoms with Crippen LogP contribution in [0.3, 0.4) is 0 Å². The molecule has 1 saturated heterocycles. The van der Waals surface area contributed by atoms with E-state index in [0.717, 1.165) is 0 Å². The molecule has 19 heavy (non-hydrogen) atoms. The fourth-order valence-corrected chi connectivity index (χ4v) is 2.26. The average Bonchev–Trinajstić information content (AvgIpc) is 2.64. The molecule has 0 spiro atoms. The lowest BCUT2D eigenvalue weighted by molar-refractivity contribution is -0.0816. The molecule has 1 aliphatic heterocycles. The van der Waals surface area contributed by atoms with Gasteiger partial charge in [0.05, 0.1) is 24.1 Å². The number of ketones is 1. The van der Waals surface area contributed by atoms with E-state index in [9.17, 15) is 9.59 Å². The predicted octanol–water partition coefficient (Wildman–Crippen LogP) is 0.289. The number of benzene rings is 1. The second-order valence-electron chi connectivity index (χ2n) is 4.92. The van der Waals surface area contributed by atoms with Crippen molar-refractivity contribution >= 4 is 16.9 Å². The summed E-state index contributed by atoms with van der Waals surface area (Å²) in [5, 5.41) is 0. The molecule has 0 unspecified atom stereocenters. The van der Waals surface area contributed by atoms with Crippen LogP contribution in [0.4, 0.5) is 0 Å². The monoisotopic (exact) mass is 262 g/mol. The van der Waals surface area contributed by atoms with Crippen molar-refractivity contribution in [3.05, 3.63) is 34.3 Å². The van der Waals surface area contributed by atoms with Crippen LogP contribution >= 0.6 is 0 Å². The van der Waals surface area contributed by atoms with E-state index in [2.05, 4.69) is 0 Å². The zero-order valence-electron chi connectivity index (χ0n) is 10.5. The summed E-state index contributed by atoms with van der Waals surface area (Å²) >= 11 is 0. The van der Waals surface area contributed by atoms with Gasteiger partial charge in [0.25, 0.3) is 0 Å². The quantitative estimate of drug-likeness (QED) is 0.803. The number of ether oxygens (including phenoxy) is 1. The van der Waals surface area contributed by atoms with E-state index in [0.29, 0.717) is 29.9 Å². The number of aromatic nitrogens is 1. The normalized spacial score (nSPS) is 17.4. The van der Waals surface area contributed by atoms with Crippen LogP contribution < -0.4 is 11.5 Å². The minimum Gasteiger partial charge on any atom is -0.408 e. The SMILES string of the molecule is Cn1c(=O)oc2ccc(C(=O)C3(CN)COC3)cc21. The van der Waals surface area contributed by atoms with Crippen molar-refractivity contribution < 1.29 is 13.9 Å². The minimum atomic E-state index is -0.615. The van der Waals surface area contributed by atoms with Crippen LogP contribution in [0, 0.1) is 5.41 Å². The van der Waals surface area contributed by atoms with Gasteiger partial charge in [-0.05, 0) is 18.2 Å². The van der Waals surface area contributed by atoms with Crippen LogP contribution in [-0.4, -0.2) is 30.1 Å². The van der Waals surface area contributed by atoms with Crippen LogP contribution in [0.25, 0.3) is 11.1 Å². The first-order chi connectivity index (χ1) is 9.07. The number of aryl methyl sites for hydroxylation is 1. The Hall–Kier alpha value is -1.92. The van der Waals surface area contributed by atoms with Gasteiger partial charge in [0.1, 0.15) is 0 Å². The molecule has 6 nitrogen and oxygen atoms in total. The van der Waals surface area contributed by atoms with E-state index < -0.39 is 11.2 Å². The molecule has 0 atom stereocenters. The molecule has 2 N–H and O–H groups in total. The van der Waals surface area contributed by atoms with Gasteiger partial charge in [-0.3, -0.25) is 9.36 Å². The Morgan fingerprint density at radius 2 is 2.21 bits per heavy atom. The van der Waals surface area contributed by atoms with Crippen molar-refractivity contribution in [3.63, 3.8) is 0 Å². The Morgan fingerprint density at radius 3 is 2.79 bits per heavy atom. The third-order valence-corrected chi connectivity index (χ3v) is 3.68. The summed E-state index contributed by atoms with van der Waals surface area (Å²) in [4.78, 5) is 23.9. The molecule has 0 bridgehead atoms. The van der Waals surface area contributed by atoms with Gasteiger partial charge in [0.15, 0.2) is 11.4 Å². The lowest BCUT2D eigenvalue weighted by Gasteiger charge is -2.38. The van der Waals surface area contributed by atoms with E-state index >= 15 is 0 Å². The number of carbonyl (C=O) groups is 1. The summed E-state index contributed by atoms with van der Waals surface area (Å²) in [6.45, 7) is 0.962. The average molecular weight is 262 g/mol. The van der Waals surface area contributed by atoms with Crippen LogP contribution in [0.5, 0.6) is 0 Å². The Balaban J connectivity index is 2.08. The Bertz CT molecular complexity index is 703. The molecule has 2 heterocycles. The zero-order valence-corrected chi connectivity index (χ0v) is 10.5. The fraction of sp³-hybridized carbons (Fsp3) is 0.385. The van der Waals surface area contributed by atoms with Gasteiger partial charge in [-0.15, -0.1) is 0 Å². The van der Waals surface area contributed by atoms with E-state index in [1.54, 1.807) is 25.2 Å². The summed E-state index contributed by atoms with van der Waals surface area (Å²) in [5.74, 6) is -0.489. The number of rotatable bonds is 3. The van der Waals surface area contributed by atoms with Crippen LogP contribution in [0.2, 0.25) is 0 Å². The molecule has 1 fully saturated rings. The number of hydrogen-bond donors (Lipinski definition) is 1. The van der Waals surface area contributed by atoms with Crippen molar-refractivity contribution in [2.24, 2.45) is 18.2 Å². The molecule has 0 saturated carbocycles. The van der Waals surface area contributed by atoms with Gasteiger partial charge >= 0.3 is 5.76 Å². The molecule has 3 rings (SSSR count). The first kappa shape index (κ1) is 12.1. The first-order valence-electron chi connectivity index (χ1n) is 6.00. The van der Waals surface area contributed by atoms with Crippen molar-refractivity contribution in [3.8, 4) is 0 Å². The molecule has 0 aliphatic carbocycles. The number of carbonyl (C=O) groups excluding carboxylic acids is 1. The van der Waals surface area contributed by atoms with Gasteiger partial charge in [-0.25, -0.2) is 4.79 Å². The molecule has 0 radical (unpaired) electrons. The molecule has 100 valence electrons. The summed E-state index contributed by atoms with van der Waals surface area (Å²) in [6, 6.07) is 4.95. The highest BCUT2D eigenvalue weighted by Crippen LogP contribution is 2.31. The van der Waals surface area contributed by atoms with Crippen molar-refractivity contribution in [2.45, 2.75) is 0 Å². The second-order valence-corrected chi connectivity index (χ2v) is 4.92. The fourth-order valence-electron chi connectivity index (χ4n) is 2.26. The van der Waals surface area contributed by atoms with Gasteiger partial charge in [0, 0.05) is 19.2 Å². The maximum Gasteiger partial charge on any atom is 0.419 e. The van der Waals surface area contributed by atoms with E-state index in [4.69, 9.17) is 14.9 Å². The highest BCUT2D eigenvalue weighted by atomic mass is 16.5. The summed E-state index contributed by atoms with van der Waals surface area (Å²) < 4.78 is 11.5. The van der Waals surface area contributed by atoms with Gasteiger partial charge in [-0.2, -0.15) is 0 Å². The highest BCUT2D eigenvalue weighted by molar-refractivity contribution is 6.03. The van der Waals surface area contributed by atoms with E-state index in [1.807, 2.05) is 0 Å². The van der Waals surface area contributed by atoms with E-state index in [-0.39, 0.29) is 12.3 Å². The lowest BCUT2D eigenvalue weighted by Crippen LogP contribution is -2.54. The lowest BCUT2D eigenvalue weighted by atomic mass is 9.78. The van der Waals surface area contributed by atoms with Crippen LogP contribution in [-0.2, 0) is 11.8 Å². The number of oxazole rings is 1. The smallest absolute Gasteiger partial charge is 0.408 e. The van der Waals surface area contributed by atoms with E-state index in [1.165, 1.54) is 4.57 Å². The zero-order chi connectivity index (χ0) is 13.6. The summed E-state index contributed by atoms with van der Waals surface area (Å²) in [7, 11) is 1.60. The summed E-state index contributed by atoms with van der Waals surface area (Å²) in [6.07, 6.45) is 0. The van der Waals surface area contributed by atoms with Crippen molar-refractivity contribution in [1.29, 1.82) is 0 Å². The molecule has 1 aromatic carbocycles. The number of hydrogen-bond acceptors (Lipinski definition) is 5. The Morgan fingerprint density at radius 1 is 1.47 bits per heavy atom. The van der Waals surface area contributed by atoms with Gasteiger partial charge in [-0.1, -0.05) is 0 Å². The topological polar surface area (TPSA) is 87.5 Å². The molecular formula is C13H14N2O4. The maximum absolute atomic E-state index is 12.5. The number of nitrogens with zero attached hydrogens (tertiary/aromatic N) is 1. The van der Waals surface area contributed by atoms with Gasteiger partial charge < -0.3 is 14.9 Å². The van der Waals surface area contributed by atoms with Crippen LogP contribution in [0.15, 0.2) is 27.4 Å². The third kappa shape index (κ3) is 1.64. The predicted molar refractivity (Wildman–Crippen MR) is 68.1 cm³/mol. The molecule has 1 aromatic heterocycles. The molecule has 6 heteroatoms.